The largest absolute Gasteiger partial charge is 0.463 e. The monoisotopic (exact) mass is 455 g/mol. The molecule has 3 rings (SSSR count). The summed E-state index contributed by atoms with van der Waals surface area (Å²) in [7, 11) is -3.65. The number of aromatic nitrogens is 1. The number of carbonyl (C=O) groups is 1. The first-order chi connectivity index (χ1) is 14.4. The van der Waals surface area contributed by atoms with Crippen LogP contribution >= 0.6 is 0 Å². The smallest absolute Gasteiger partial charge is 0.432 e. The lowest BCUT2D eigenvalue weighted by Gasteiger charge is -2.27. The molecule has 1 aromatic heterocycles. The first kappa shape index (κ1) is 22.8. The number of aliphatic hydroxyl groups is 1. The van der Waals surface area contributed by atoms with Crippen molar-refractivity contribution in [2.75, 3.05) is 12.9 Å². The molecule has 0 spiro atoms. The van der Waals surface area contributed by atoms with Crippen LogP contribution in [0, 0.1) is 0 Å². The van der Waals surface area contributed by atoms with Crippen molar-refractivity contribution in [3.05, 3.63) is 65.9 Å². The van der Waals surface area contributed by atoms with E-state index in [0.717, 1.165) is 30.1 Å². The Balaban J connectivity index is 2.32. The molecule has 0 fully saturated rings. The normalized spacial score (nSPS) is 14.4. The highest BCUT2D eigenvalue weighted by Gasteiger charge is 2.63. The standard InChI is InChI=1S/C21H20F3NO5S/c1-3-30-19(26)20(27,21(22,23)24)17-13-25(12-14-7-5-4-6-8-14)18-11-15(31(2,28)29)9-10-16(17)18/h4-11,13,27H,3,12H2,1-2H3. The molecule has 166 valence electrons. The Hall–Kier alpha value is -2.85. The van der Waals surface area contributed by atoms with Crippen molar-refractivity contribution in [2.45, 2.75) is 30.1 Å². The summed E-state index contributed by atoms with van der Waals surface area (Å²) >= 11 is 0. The van der Waals surface area contributed by atoms with Gasteiger partial charge in [-0.3, -0.25) is 0 Å². The maximum absolute atomic E-state index is 13.9. The molecule has 0 aliphatic rings. The van der Waals surface area contributed by atoms with E-state index in [1.54, 1.807) is 30.3 Å². The molecule has 3 aromatic rings. The van der Waals surface area contributed by atoms with E-state index in [2.05, 4.69) is 4.74 Å². The van der Waals surface area contributed by atoms with Gasteiger partial charge in [-0.05, 0) is 24.6 Å². The van der Waals surface area contributed by atoms with E-state index in [4.69, 9.17) is 0 Å². The molecule has 0 bridgehead atoms. The second kappa shape index (κ2) is 8.01. The molecule has 0 radical (unpaired) electrons. The SMILES string of the molecule is CCOC(=O)C(O)(c1cn(Cc2ccccc2)c2cc(S(C)(=O)=O)ccc12)C(F)(F)F. The zero-order valence-corrected chi connectivity index (χ0v) is 17.5. The number of alkyl halides is 3. The van der Waals surface area contributed by atoms with Crippen LogP contribution < -0.4 is 0 Å². The molecule has 1 atom stereocenters. The van der Waals surface area contributed by atoms with Crippen LogP contribution in [0.2, 0.25) is 0 Å². The summed E-state index contributed by atoms with van der Waals surface area (Å²) in [6.07, 6.45) is -3.39. The van der Waals surface area contributed by atoms with E-state index in [0.29, 0.717) is 0 Å². The van der Waals surface area contributed by atoms with Gasteiger partial charge in [0.15, 0.2) is 9.84 Å². The van der Waals surface area contributed by atoms with Gasteiger partial charge < -0.3 is 14.4 Å². The van der Waals surface area contributed by atoms with E-state index in [9.17, 15) is 31.5 Å². The van der Waals surface area contributed by atoms with Crippen LogP contribution in [0.15, 0.2) is 59.6 Å². The van der Waals surface area contributed by atoms with E-state index in [-0.39, 0.29) is 29.0 Å². The minimum Gasteiger partial charge on any atom is -0.463 e. The van der Waals surface area contributed by atoms with E-state index in [1.165, 1.54) is 17.6 Å². The maximum atomic E-state index is 13.9. The van der Waals surface area contributed by atoms with Crippen LogP contribution in [0.5, 0.6) is 0 Å². The van der Waals surface area contributed by atoms with Crippen LogP contribution in [-0.2, 0) is 31.5 Å². The van der Waals surface area contributed by atoms with Gasteiger partial charge in [0.1, 0.15) is 0 Å². The number of hydrogen-bond donors (Lipinski definition) is 1. The van der Waals surface area contributed by atoms with Crippen molar-refractivity contribution in [1.82, 2.24) is 4.57 Å². The number of nitrogens with zero attached hydrogens (tertiary/aromatic N) is 1. The molecule has 0 aliphatic heterocycles. The number of rotatable bonds is 6. The van der Waals surface area contributed by atoms with E-state index < -0.39 is 33.1 Å². The zero-order chi connectivity index (χ0) is 23.0. The van der Waals surface area contributed by atoms with Gasteiger partial charge in [-0.1, -0.05) is 36.4 Å². The summed E-state index contributed by atoms with van der Waals surface area (Å²) in [4.78, 5) is 12.1. The van der Waals surface area contributed by atoms with Gasteiger partial charge in [-0.2, -0.15) is 13.2 Å². The second-order valence-corrected chi connectivity index (χ2v) is 9.05. The molecule has 0 saturated heterocycles. The summed E-state index contributed by atoms with van der Waals surface area (Å²) in [5.74, 6) is -1.85. The summed E-state index contributed by atoms with van der Waals surface area (Å²) in [6.45, 7) is 1.05. The van der Waals surface area contributed by atoms with Gasteiger partial charge in [0, 0.05) is 29.9 Å². The number of hydrogen-bond acceptors (Lipinski definition) is 5. The highest BCUT2D eigenvalue weighted by atomic mass is 32.2. The lowest BCUT2D eigenvalue weighted by atomic mass is 9.92. The van der Waals surface area contributed by atoms with Crippen LogP contribution in [0.1, 0.15) is 18.1 Å². The highest BCUT2D eigenvalue weighted by Crippen LogP contribution is 2.44. The molecule has 1 N–H and O–H groups in total. The van der Waals surface area contributed by atoms with Gasteiger partial charge in [-0.15, -0.1) is 0 Å². The van der Waals surface area contributed by atoms with Gasteiger partial charge in [0.05, 0.1) is 17.0 Å². The lowest BCUT2D eigenvalue weighted by Crippen LogP contribution is -2.50. The predicted octanol–water partition coefficient (Wildman–Crippen LogP) is 3.41. The molecule has 0 aliphatic carbocycles. The van der Waals surface area contributed by atoms with Crippen molar-refractivity contribution in [3.8, 4) is 0 Å². The summed E-state index contributed by atoms with van der Waals surface area (Å²) in [5.41, 5.74) is -3.81. The number of halogens is 3. The zero-order valence-electron chi connectivity index (χ0n) is 16.7. The molecule has 2 aromatic carbocycles. The Labute approximate surface area is 176 Å². The quantitative estimate of drug-likeness (QED) is 0.576. The predicted molar refractivity (Wildman–Crippen MR) is 107 cm³/mol. The molecule has 31 heavy (non-hydrogen) atoms. The molecular weight excluding hydrogens is 435 g/mol. The molecule has 10 heteroatoms. The van der Waals surface area contributed by atoms with Gasteiger partial charge in [-0.25, -0.2) is 13.2 Å². The third-order valence-corrected chi connectivity index (χ3v) is 5.96. The van der Waals surface area contributed by atoms with Gasteiger partial charge in [0.25, 0.3) is 5.60 Å². The van der Waals surface area contributed by atoms with Crippen LogP contribution in [-0.4, -0.2) is 43.1 Å². The Kier molecular flexibility index (Phi) is 5.90. The fourth-order valence-corrected chi connectivity index (χ4v) is 3.96. The Bertz CT molecular complexity index is 1220. The highest BCUT2D eigenvalue weighted by molar-refractivity contribution is 7.90. The van der Waals surface area contributed by atoms with Crippen LogP contribution in [0.3, 0.4) is 0 Å². The third kappa shape index (κ3) is 4.17. The average molecular weight is 455 g/mol. The first-order valence-corrected chi connectivity index (χ1v) is 11.1. The Morgan fingerprint density at radius 3 is 2.32 bits per heavy atom. The van der Waals surface area contributed by atoms with Crippen LogP contribution in [0.25, 0.3) is 10.9 Å². The number of carbonyl (C=O) groups excluding carboxylic acids is 1. The van der Waals surface area contributed by atoms with E-state index in [1.807, 2.05) is 0 Å². The number of benzene rings is 2. The molecule has 6 nitrogen and oxygen atoms in total. The average Bonchev–Trinajstić information content (AvgIpc) is 3.05. The maximum Gasteiger partial charge on any atom is 0.432 e. The minimum atomic E-state index is -5.37. The number of esters is 1. The third-order valence-electron chi connectivity index (χ3n) is 4.85. The molecule has 1 heterocycles. The van der Waals surface area contributed by atoms with Gasteiger partial charge >= 0.3 is 12.1 Å². The van der Waals surface area contributed by atoms with E-state index >= 15 is 0 Å². The molecule has 0 amide bonds. The summed E-state index contributed by atoms with van der Waals surface area (Å²) in [5, 5.41) is 10.5. The molecule has 0 saturated carbocycles. The topological polar surface area (TPSA) is 85.6 Å². The summed E-state index contributed by atoms with van der Waals surface area (Å²) < 4.78 is 71.7. The van der Waals surface area contributed by atoms with Crippen LogP contribution in [0.4, 0.5) is 13.2 Å². The van der Waals surface area contributed by atoms with Gasteiger partial charge in [0.2, 0.25) is 0 Å². The van der Waals surface area contributed by atoms with Crippen molar-refractivity contribution < 1.29 is 36.2 Å². The van der Waals surface area contributed by atoms with Crippen molar-refractivity contribution in [1.29, 1.82) is 0 Å². The second-order valence-electron chi connectivity index (χ2n) is 7.04. The fourth-order valence-electron chi connectivity index (χ4n) is 3.32. The molecular formula is C21H20F3NO5S. The number of sulfone groups is 1. The fraction of sp³-hybridized carbons (Fsp3) is 0.286. The van der Waals surface area contributed by atoms with Crippen molar-refractivity contribution in [3.63, 3.8) is 0 Å². The van der Waals surface area contributed by atoms with Crippen molar-refractivity contribution >= 4 is 26.7 Å². The Morgan fingerprint density at radius 1 is 1.13 bits per heavy atom. The Morgan fingerprint density at radius 2 is 1.77 bits per heavy atom. The number of fused-ring (bicyclic) bond motifs is 1. The first-order valence-electron chi connectivity index (χ1n) is 9.23. The molecule has 1 unspecified atom stereocenters. The lowest BCUT2D eigenvalue weighted by molar-refractivity contribution is -0.267. The minimum absolute atomic E-state index is 0.0846. The summed E-state index contributed by atoms with van der Waals surface area (Å²) in [6, 6.07) is 12.3. The number of ether oxygens (including phenoxy) is 1. The van der Waals surface area contributed by atoms with Crippen molar-refractivity contribution in [2.24, 2.45) is 0 Å².